The lowest BCUT2D eigenvalue weighted by Crippen LogP contribution is -2.44. The van der Waals surface area contributed by atoms with Gasteiger partial charge in [0.1, 0.15) is 11.6 Å². The molecule has 0 aliphatic carbocycles. The topological polar surface area (TPSA) is 192 Å². The van der Waals surface area contributed by atoms with E-state index in [1.54, 1.807) is 39.1 Å². The molecule has 0 spiro atoms. The normalized spacial score (nSPS) is 11.8. The summed E-state index contributed by atoms with van der Waals surface area (Å²) in [4.78, 5) is 72.5. The summed E-state index contributed by atoms with van der Waals surface area (Å²) in [5.74, 6) is -0.797. The third-order valence-electron chi connectivity index (χ3n) is 6.86. The van der Waals surface area contributed by atoms with Gasteiger partial charge in [-0.15, -0.1) is 0 Å². The Bertz CT molecular complexity index is 1390. The Hall–Kier alpha value is -3.99. The van der Waals surface area contributed by atoms with E-state index >= 15 is 0 Å². The first-order chi connectivity index (χ1) is 23.9. The number of para-hydroxylation sites is 1. The van der Waals surface area contributed by atoms with Gasteiger partial charge in [-0.3, -0.25) is 28.5 Å². The van der Waals surface area contributed by atoms with Crippen LogP contribution in [-0.4, -0.2) is 117 Å². The summed E-state index contributed by atoms with van der Waals surface area (Å²) in [6, 6.07) is 6.26. The molecule has 0 fully saturated rings. The molecule has 0 aliphatic heterocycles. The minimum absolute atomic E-state index is 0.104. The largest absolute Gasteiger partial charge is 0.444 e. The molecule has 50 heavy (non-hydrogen) atoms. The van der Waals surface area contributed by atoms with Crippen molar-refractivity contribution in [3.05, 3.63) is 36.0 Å². The SMILES string of the molecule is CNC(=O)CCC(=O)NCCCOCCOCCOCCCNC(=O)CSC(=O)C(Cc1cn(C=O)c2ccccc12)NC(=O)OC(C)(C)C. The van der Waals surface area contributed by atoms with Crippen molar-refractivity contribution < 1.29 is 47.7 Å². The molecule has 16 heteroatoms. The maximum absolute atomic E-state index is 13.2. The van der Waals surface area contributed by atoms with Gasteiger partial charge in [0.25, 0.3) is 0 Å². The van der Waals surface area contributed by atoms with Gasteiger partial charge in [-0.1, -0.05) is 30.0 Å². The van der Waals surface area contributed by atoms with Gasteiger partial charge >= 0.3 is 6.09 Å². The van der Waals surface area contributed by atoms with Crippen LogP contribution in [0.25, 0.3) is 10.9 Å². The van der Waals surface area contributed by atoms with Gasteiger partial charge in [0.15, 0.2) is 0 Å². The van der Waals surface area contributed by atoms with Gasteiger partial charge in [0.05, 0.1) is 37.7 Å². The fourth-order valence-corrected chi connectivity index (χ4v) is 5.18. The fraction of sp³-hybridized carbons (Fsp3) is 0.588. The zero-order valence-electron chi connectivity index (χ0n) is 29.4. The van der Waals surface area contributed by atoms with Crippen LogP contribution in [0, 0.1) is 0 Å². The Morgan fingerprint density at radius 1 is 0.840 bits per heavy atom. The van der Waals surface area contributed by atoms with Crippen LogP contribution in [0.1, 0.15) is 52.0 Å². The summed E-state index contributed by atoms with van der Waals surface area (Å²) < 4.78 is 23.2. The van der Waals surface area contributed by atoms with E-state index in [-0.39, 0.29) is 42.7 Å². The highest BCUT2D eigenvalue weighted by Gasteiger charge is 2.27. The van der Waals surface area contributed by atoms with E-state index in [1.807, 2.05) is 12.1 Å². The number of nitrogens with one attached hydrogen (secondary N) is 4. The molecule has 1 atom stereocenters. The highest BCUT2D eigenvalue weighted by molar-refractivity contribution is 8.14. The maximum atomic E-state index is 13.2. The van der Waals surface area contributed by atoms with Crippen LogP contribution < -0.4 is 21.3 Å². The number of carbonyl (C=O) groups is 6. The van der Waals surface area contributed by atoms with Gasteiger partial charge in [-0.2, -0.15) is 0 Å². The summed E-state index contributed by atoms with van der Waals surface area (Å²) in [5.41, 5.74) is 0.600. The monoisotopic (exact) mass is 721 g/mol. The molecule has 0 radical (unpaired) electrons. The standard InChI is InChI=1S/C34H51N5O10S/c1-34(2,3)49-33(45)38-27(21-25-22-39(24-40)28-10-6-5-9-26(25)28)32(44)50-23-31(43)37-14-8-16-47-18-20-48-19-17-46-15-7-13-36-30(42)12-11-29(41)35-4/h5-6,9-10,22,24,27H,7-8,11-21,23H2,1-4H3,(H,35,41)(H,36,42)(H,37,43)(H,38,45). The molecule has 0 bridgehead atoms. The lowest BCUT2D eigenvalue weighted by Gasteiger charge is -2.23. The minimum atomic E-state index is -0.997. The van der Waals surface area contributed by atoms with Gasteiger partial charge in [0.2, 0.25) is 29.2 Å². The lowest BCUT2D eigenvalue weighted by atomic mass is 10.1. The molecule has 4 amide bonds. The van der Waals surface area contributed by atoms with Gasteiger partial charge in [-0.05, 0) is 45.2 Å². The number of carbonyl (C=O) groups excluding carboxylic acids is 6. The Kier molecular flexibility index (Phi) is 19.8. The number of ether oxygens (including phenoxy) is 4. The van der Waals surface area contributed by atoms with E-state index in [0.29, 0.717) is 83.1 Å². The highest BCUT2D eigenvalue weighted by atomic mass is 32.2. The molecular formula is C34H51N5O10S. The van der Waals surface area contributed by atoms with E-state index in [2.05, 4.69) is 21.3 Å². The van der Waals surface area contributed by atoms with E-state index in [4.69, 9.17) is 18.9 Å². The van der Waals surface area contributed by atoms with Crippen molar-refractivity contribution in [1.82, 2.24) is 25.8 Å². The molecule has 4 N–H and O–H groups in total. The predicted octanol–water partition coefficient (Wildman–Crippen LogP) is 1.96. The van der Waals surface area contributed by atoms with Crippen molar-refractivity contribution in [3.63, 3.8) is 0 Å². The molecule has 0 saturated carbocycles. The number of amides is 4. The molecule has 1 heterocycles. The molecule has 15 nitrogen and oxygen atoms in total. The van der Waals surface area contributed by atoms with Crippen molar-refractivity contribution in [2.24, 2.45) is 0 Å². The first kappa shape index (κ1) is 42.2. The summed E-state index contributed by atoms with van der Waals surface area (Å²) in [6.45, 7) is 8.48. The van der Waals surface area contributed by atoms with Crippen LogP contribution >= 0.6 is 11.8 Å². The Morgan fingerprint density at radius 2 is 1.42 bits per heavy atom. The van der Waals surface area contributed by atoms with Gasteiger partial charge < -0.3 is 40.2 Å². The second-order valence-corrected chi connectivity index (χ2v) is 13.1. The molecule has 1 unspecified atom stereocenters. The molecule has 2 rings (SSSR count). The number of rotatable bonds is 24. The molecule has 278 valence electrons. The molecular weight excluding hydrogens is 670 g/mol. The van der Waals surface area contributed by atoms with Crippen molar-refractivity contribution in [3.8, 4) is 0 Å². The predicted molar refractivity (Wildman–Crippen MR) is 189 cm³/mol. The summed E-state index contributed by atoms with van der Waals surface area (Å²) in [7, 11) is 1.53. The second kappa shape index (κ2) is 23.4. The van der Waals surface area contributed by atoms with Crippen LogP contribution in [0.15, 0.2) is 30.5 Å². The smallest absolute Gasteiger partial charge is 0.408 e. The quantitative estimate of drug-likeness (QED) is 0.0915. The number of fused-ring (bicyclic) bond motifs is 1. The van der Waals surface area contributed by atoms with E-state index < -0.39 is 22.9 Å². The zero-order valence-corrected chi connectivity index (χ0v) is 30.2. The average Bonchev–Trinajstić information content (AvgIpc) is 3.43. The number of thioether (sulfide) groups is 1. The van der Waals surface area contributed by atoms with Crippen LogP contribution in [0.5, 0.6) is 0 Å². The van der Waals surface area contributed by atoms with Crippen LogP contribution in [0.3, 0.4) is 0 Å². The van der Waals surface area contributed by atoms with Crippen molar-refractivity contribution >= 4 is 58.0 Å². The average molecular weight is 722 g/mol. The number of alkyl carbamates (subject to hydrolysis) is 1. The summed E-state index contributed by atoms with van der Waals surface area (Å²) in [6.07, 6.45) is 3.20. The molecule has 2 aromatic rings. The molecule has 1 aromatic carbocycles. The number of aromatic nitrogens is 1. The van der Waals surface area contributed by atoms with Gasteiger partial charge in [0, 0.05) is 64.2 Å². The summed E-state index contributed by atoms with van der Waals surface area (Å²) >= 11 is 0.796. The Labute approximate surface area is 297 Å². The second-order valence-electron chi connectivity index (χ2n) is 12.1. The summed E-state index contributed by atoms with van der Waals surface area (Å²) in [5, 5.41) is 11.0. The number of benzene rings is 1. The maximum Gasteiger partial charge on any atom is 0.408 e. The van der Waals surface area contributed by atoms with Crippen LogP contribution in [-0.2, 0) is 49.3 Å². The van der Waals surface area contributed by atoms with Crippen molar-refractivity contribution in [2.75, 3.05) is 65.5 Å². The first-order valence-corrected chi connectivity index (χ1v) is 17.6. The first-order valence-electron chi connectivity index (χ1n) is 16.6. The number of nitrogens with zero attached hydrogens (tertiary/aromatic N) is 1. The minimum Gasteiger partial charge on any atom is -0.444 e. The molecule has 0 aliphatic rings. The highest BCUT2D eigenvalue weighted by Crippen LogP contribution is 2.23. The number of hydrogen-bond acceptors (Lipinski definition) is 11. The van der Waals surface area contributed by atoms with Crippen LogP contribution in [0.4, 0.5) is 4.79 Å². The third-order valence-corrected chi connectivity index (χ3v) is 7.83. The molecule has 1 aromatic heterocycles. The zero-order chi connectivity index (χ0) is 36.8. The number of hydrogen-bond donors (Lipinski definition) is 4. The van der Waals surface area contributed by atoms with Crippen LogP contribution in [0.2, 0.25) is 0 Å². The van der Waals surface area contributed by atoms with E-state index in [1.165, 1.54) is 11.6 Å². The lowest BCUT2D eigenvalue weighted by molar-refractivity contribution is -0.126. The molecule has 0 saturated heterocycles. The third kappa shape index (κ3) is 17.6. The van der Waals surface area contributed by atoms with E-state index in [9.17, 15) is 28.8 Å². The fourth-order valence-electron chi connectivity index (χ4n) is 4.46. The Morgan fingerprint density at radius 3 is 2.02 bits per heavy atom. The van der Waals surface area contributed by atoms with Gasteiger partial charge in [-0.25, -0.2) is 4.79 Å². The van der Waals surface area contributed by atoms with E-state index in [0.717, 1.165) is 17.1 Å². The van der Waals surface area contributed by atoms with Crippen molar-refractivity contribution in [1.29, 1.82) is 0 Å². The Balaban J connectivity index is 1.59. The van der Waals surface area contributed by atoms with Crippen molar-refractivity contribution in [2.45, 2.75) is 64.5 Å².